The van der Waals surface area contributed by atoms with Crippen molar-refractivity contribution in [3.8, 4) is 0 Å². The number of aliphatic hydroxyl groups excluding tert-OH is 1. The number of carbonyl (C=O) groups excluding carboxylic acids is 4. The van der Waals surface area contributed by atoms with Gasteiger partial charge in [0.2, 0.25) is 0 Å². The molecule has 5 heterocycles. The minimum atomic E-state index is -0.920. The molecule has 11 aliphatic rings. The van der Waals surface area contributed by atoms with Gasteiger partial charge < -0.3 is 25.2 Å². The lowest BCUT2D eigenvalue weighted by molar-refractivity contribution is -0.137. The van der Waals surface area contributed by atoms with Gasteiger partial charge >= 0.3 is 11.9 Å². The van der Waals surface area contributed by atoms with Crippen LogP contribution in [-0.2, 0) is 28.7 Å². The van der Waals surface area contributed by atoms with E-state index in [1.54, 1.807) is 17.0 Å². The molecular formula is C54H68N4O7S2. The number of hydrogen-bond acceptors (Lipinski definition) is 12. The average Bonchev–Trinajstić information content (AvgIpc) is 4.12. The van der Waals surface area contributed by atoms with Gasteiger partial charge in [-0.2, -0.15) is 0 Å². The predicted molar refractivity (Wildman–Crippen MR) is 261 cm³/mol. The van der Waals surface area contributed by atoms with E-state index < -0.39 is 17.4 Å². The standard InChI is InChI=1S/C54H68N4O7S2/c1-2-53(23-9-10-24-53)28-41-38-16-15-37-36-21-25-54(48(37)47(38)51(62)64-41)42-18-17-35(32-11-5-3-6-12-32)50(56-29-40(59)33-13-7-4-8-14-33)67-66-31-57-43-27-34(22-26-55-43)39(46(36)49(54)52(63)65-42)30-58-44(60)19-20-45(58)61/h18-20,22,26-28,32-33,35-37,39-40,48,50,56,59H,2-17,21,23-25,29-31H2,1H3,(H,55,57). The van der Waals surface area contributed by atoms with E-state index in [4.69, 9.17) is 14.5 Å². The first kappa shape index (κ1) is 45.8. The number of fused-ring (bicyclic) bond motifs is 3. The molecule has 3 N–H and O–H groups in total. The van der Waals surface area contributed by atoms with Crippen LogP contribution in [0.1, 0.15) is 147 Å². The van der Waals surface area contributed by atoms with Gasteiger partial charge in [0.25, 0.3) is 11.8 Å². The van der Waals surface area contributed by atoms with Gasteiger partial charge in [-0.05, 0) is 135 Å². The number of pyridine rings is 1. The van der Waals surface area contributed by atoms with Crippen molar-refractivity contribution in [1.29, 1.82) is 0 Å². The van der Waals surface area contributed by atoms with Crippen molar-refractivity contribution in [1.82, 2.24) is 15.2 Å². The Morgan fingerprint density at radius 1 is 0.925 bits per heavy atom. The Balaban J connectivity index is 1.07. The first-order valence-corrected chi connectivity index (χ1v) is 28.3. The summed E-state index contributed by atoms with van der Waals surface area (Å²) in [6.45, 7) is 2.87. The monoisotopic (exact) mass is 948 g/mol. The van der Waals surface area contributed by atoms with E-state index in [1.807, 2.05) is 22.9 Å². The Morgan fingerprint density at radius 2 is 1.69 bits per heavy atom. The summed E-state index contributed by atoms with van der Waals surface area (Å²) < 4.78 is 13.2. The Labute approximate surface area is 403 Å². The Morgan fingerprint density at radius 3 is 2.45 bits per heavy atom. The molecule has 1 spiro atoms. The summed E-state index contributed by atoms with van der Waals surface area (Å²) in [7, 11) is 3.57. The lowest BCUT2D eigenvalue weighted by Gasteiger charge is -2.57. The van der Waals surface area contributed by atoms with Crippen LogP contribution in [0.5, 0.6) is 0 Å². The molecular weight excluding hydrogens is 881 g/mol. The van der Waals surface area contributed by atoms with Gasteiger partial charge in [-0.3, -0.25) is 14.5 Å². The molecule has 12 rings (SSSR count). The molecule has 0 radical (unpaired) electrons. The second kappa shape index (κ2) is 18.9. The summed E-state index contributed by atoms with van der Waals surface area (Å²) in [5.74, 6) is 1.37. The first-order valence-electron chi connectivity index (χ1n) is 26.0. The molecule has 1 aromatic heterocycles. The zero-order valence-corrected chi connectivity index (χ0v) is 40.7. The number of aromatic nitrogens is 1. The maximum atomic E-state index is 15.2. The van der Waals surface area contributed by atoms with Crippen LogP contribution >= 0.6 is 21.6 Å². The predicted octanol–water partition coefficient (Wildman–Crippen LogP) is 10.2. The van der Waals surface area contributed by atoms with Crippen LogP contribution < -0.4 is 10.6 Å². The maximum Gasteiger partial charge on any atom is 0.340 e. The minimum Gasteiger partial charge on any atom is -0.427 e. The molecule has 4 saturated carbocycles. The number of aliphatic hydroxyl groups is 1. The molecule has 0 aromatic carbocycles. The van der Waals surface area contributed by atoms with E-state index in [9.17, 15) is 19.5 Å². The highest BCUT2D eigenvalue weighted by molar-refractivity contribution is 8.76. The van der Waals surface area contributed by atoms with Crippen molar-refractivity contribution in [2.75, 3.05) is 24.3 Å². The normalized spacial score (nSPS) is 34.3. The van der Waals surface area contributed by atoms with Gasteiger partial charge in [0.05, 0.1) is 28.3 Å². The second-order valence-corrected chi connectivity index (χ2v) is 24.1. The number of esters is 2. The van der Waals surface area contributed by atoms with Crippen LogP contribution in [0.4, 0.5) is 5.82 Å². The van der Waals surface area contributed by atoms with Crippen LogP contribution in [0.25, 0.3) is 0 Å². The third kappa shape index (κ3) is 8.21. The zero-order valence-electron chi connectivity index (χ0n) is 39.1. The Bertz CT molecular complexity index is 2300. The highest BCUT2D eigenvalue weighted by Crippen LogP contribution is 2.72. The number of carbonyl (C=O) groups is 4. The molecule has 8 unspecified atom stereocenters. The van der Waals surface area contributed by atoms with Crippen LogP contribution in [0.15, 0.2) is 76.4 Å². The van der Waals surface area contributed by atoms with Crippen molar-refractivity contribution in [2.24, 2.45) is 46.3 Å². The Kier molecular flexibility index (Phi) is 12.9. The molecule has 7 bridgehead atoms. The van der Waals surface area contributed by atoms with Crippen LogP contribution in [0, 0.1) is 46.3 Å². The zero-order chi connectivity index (χ0) is 45.9. The highest BCUT2D eigenvalue weighted by atomic mass is 33.1. The van der Waals surface area contributed by atoms with E-state index >= 15 is 4.79 Å². The minimum absolute atomic E-state index is 0.0170. The number of nitrogens with one attached hydrogen (secondary N) is 2. The molecule has 1 aromatic rings. The smallest absolute Gasteiger partial charge is 0.340 e. The first-order chi connectivity index (χ1) is 32.7. The van der Waals surface area contributed by atoms with E-state index in [-0.39, 0.29) is 64.8 Å². The number of cyclic esters (lactones) is 1. The van der Waals surface area contributed by atoms with Crippen molar-refractivity contribution in [2.45, 2.75) is 153 Å². The number of amides is 2. The summed E-state index contributed by atoms with van der Waals surface area (Å²) in [5.41, 5.74) is 3.29. The third-order valence-electron chi connectivity index (χ3n) is 18.4. The van der Waals surface area contributed by atoms with Gasteiger partial charge in [0.15, 0.2) is 0 Å². The van der Waals surface area contributed by atoms with Gasteiger partial charge in [-0.15, -0.1) is 0 Å². The van der Waals surface area contributed by atoms with Gasteiger partial charge in [0, 0.05) is 54.4 Å². The number of imide groups is 1. The van der Waals surface area contributed by atoms with Crippen LogP contribution in [0.2, 0.25) is 0 Å². The molecule has 358 valence electrons. The van der Waals surface area contributed by atoms with E-state index in [2.05, 4.69) is 29.7 Å². The number of hydrogen-bond donors (Lipinski definition) is 3. The van der Waals surface area contributed by atoms with Crippen molar-refractivity contribution in [3.05, 3.63) is 82.0 Å². The fourth-order valence-corrected chi connectivity index (χ4v) is 17.5. The number of allylic oxidation sites excluding steroid dienone is 4. The van der Waals surface area contributed by atoms with E-state index in [1.165, 1.54) is 68.4 Å². The summed E-state index contributed by atoms with van der Waals surface area (Å²) in [4.78, 5) is 62.8. The SMILES string of the molecule is CCC1(C=C2OC(=O)C3=C2CCC2C4CCC5(C6=CCC(C7CCCCC7)C(NCC(O)C7CCCCC7)SSCNc7cc(ccn7)C(CN7C(=O)C=CC7=O)C4=C5C(=O)O6)C32)CCCC1. The molecule has 67 heavy (non-hydrogen) atoms. The second-order valence-electron chi connectivity index (χ2n) is 21.6. The molecule has 4 aliphatic heterocycles. The lowest BCUT2D eigenvalue weighted by atomic mass is 9.43. The van der Waals surface area contributed by atoms with E-state index in [0.717, 1.165) is 92.3 Å². The van der Waals surface area contributed by atoms with Gasteiger partial charge in [-0.25, -0.2) is 14.6 Å². The summed E-state index contributed by atoms with van der Waals surface area (Å²) in [6, 6.07) is 3.99. The number of anilines is 1. The fraction of sp³-hybridized carbons (Fsp3) is 0.648. The number of ether oxygens (including phenoxy) is 2. The number of nitrogens with zero attached hydrogens (tertiary/aromatic N) is 2. The van der Waals surface area contributed by atoms with Gasteiger partial charge in [-0.1, -0.05) is 92.7 Å². The van der Waals surface area contributed by atoms with E-state index in [0.29, 0.717) is 54.2 Å². The maximum absolute atomic E-state index is 15.2. The molecule has 11 nitrogen and oxygen atoms in total. The molecule has 1 saturated heterocycles. The lowest BCUT2D eigenvalue weighted by Crippen LogP contribution is -2.53. The Hall–Kier alpha value is -3.65. The fourth-order valence-electron chi connectivity index (χ4n) is 15.0. The third-order valence-corrected chi connectivity index (χ3v) is 20.9. The molecule has 7 aliphatic carbocycles. The van der Waals surface area contributed by atoms with Crippen molar-refractivity contribution in [3.63, 3.8) is 0 Å². The van der Waals surface area contributed by atoms with Gasteiger partial charge in [0.1, 0.15) is 17.3 Å². The molecule has 13 heteroatoms. The molecule has 5 fully saturated rings. The van der Waals surface area contributed by atoms with Crippen LogP contribution in [0.3, 0.4) is 0 Å². The average molecular weight is 949 g/mol. The molecule has 2 amide bonds. The summed E-state index contributed by atoms with van der Waals surface area (Å²) >= 11 is 0. The summed E-state index contributed by atoms with van der Waals surface area (Å²) in [6.07, 6.45) is 29.4. The van der Waals surface area contributed by atoms with Crippen LogP contribution in [-0.4, -0.2) is 69.2 Å². The quantitative estimate of drug-likeness (QED) is 0.123. The van der Waals surface area contributed by atoms with Crippen molar-refractivity contribution < 1.29 is 33.8 Å². The van der Waals surface area contributed by atoms with Crippen molar-refractivity contribution >= 4 is 51.2 Å². The molecule has 8 atom stereocenters. The largest absolute Gasteiger partial charge is 0.427 e. The highest BCUT2D eigenvalue weighted by Gasteiger charge is 2.69. The topological polar surface area (TPSA) is 147 Å². The number of rotatable bonds is 9. The summed E-state index contributed by atoms with van der Waals surface area (Å²) in [5, 5.41) is 19.1.